The van der Waals surface area contributed by atoms with E-state index in [4.69, 9.17) is 0 Å². The highest BCUT2D eigenvalue weighted by Crippen LogP contribution is 2.28. The van der Waals surface area contributed by atoms with E-state index >= 15 is 0 Å². The summed E-state index contributed by atoms with van der Waals surface area (Å²) in [5.74, 6) is 0. The molecule has 1 heteroatoms. The van der Waals surface area contributed by atoms with Gasteiger partial charge in [0.2, 0.25) is 0 Å². The number of allylic oxidation sites excluding steroid dienone is 1. The zero-order valence-electron chi connectivity index (χ0n) is 12.4. The van der Waals surface area contributed by atoms with E-state index in [1.165, 1.54) is 43.2 Å². The molecule has 0 saturated carbocycles. The molecule has 0 bridgehead atoms. The van der Waals surface area contributed by atoms with Crippen LogP contribution >= 0.6 is 0 Å². The highest BCUT2D eigenvalue weighted by atomic mass is 14.9. The van der Waals surface area contributed by atoms with Crippen molar-refractivity contribution in [3.05, 3.63) is 47.0 Å². The van der Waals surface area contributed by atoms with Crippen LogP contribution in [0.3, 0.4) is 0 Å². The van der Waals surface area contributed by atoms with Crippen LogP contribution in [0.15, 0.2) is 35.9 Å². The molecule has 1 aromatic carbocycles. The standard InChI is InChI=1S/C18H27N/c1-3-15-11-8-12-17(13-15)18(19-4-2)14-16-9-6-5-7-10-16/h8-9,11-13,18-19H,3-7,10,14H2,1-2H3. The van der Waals surface area contributed by atoms with Gasteiger partial charge in [0.05, 0.1) is 0 Å². The molecule has 1 N–H and O–H groups in total. The minimum absolute atomic E-state index is 0.487. The highest BCUT2D eigenvalue weighted by molar-refractivity contribution is 5.27. The van der Waals surface area contributed by atoms with Crippen molar-refractivity contribution in [1.82, 2.24) is 5.32 Å². The van der Waals surface area contributed by atoms with Crippen LogP contribution < -0.4 is 5.32 Å². The zero-order valence-corrected chi connectivity index (χ0v) is 12.4. The Morgan fingerprint density at radius 2 is 2.11 bits per heavy atom. The van der Waals surface area contributed by atoms with E-state index in [2.05, 4.69) is 49.5 Å². The monoisotopic (exact) mass is 257 g/mol. The molecular formula is C18H27N. The third kappa shape index (κ3) is 4.21. The molecule has 19 heavy (non-hydrogen) atoms. The summed E-state index contributed by atoms with van der Waals surface area (Å²) in [6.07, 6.45) is 10.1. The molecule has 0 aliphatic heterocycles. The van der Waals surface area contributed by atoms with Crippen molar-refractivity contribution in [3.63, 3.8) is 0 Å². The van der Waals surface area contributed by atoms with Crippen molar-refractivity contribution in [3.8, 4) is 0 Å². The quantitative estimate of drug-likeness (QED) is 0.722. The van der Waals surface area contributed by atoms with E-state index in [0.717, 1.165) is 13.0 Å². The number of benzene rings is 1. The van der Waals surface area contributed by atoms with Crippen LogP contribution in [-0.2, 0) is 6.42 Å². The van der Waals surface area contributed by atoms with Gasteiger partial charge in [-0.15, -0.1) is 0 Å². The molecule has 1 atom stereocenters. The Kier molecular flexibility index (Phi) is 5.65. The Balaban J connectivity index is 2.11. The minimum Gasteiger partial charge on any atom is -0.310 e. The first-order valence-corrected chi connectivity index (χ1v) is 7.83. The molecule has 0 aromatic heterocycles. The van der Waals surface area contributed by atoms with E-state index < -0.39 is 0 Å². The van der Waals surface area contributed by atoms with Gasteiger partial charge in [0.15, 0.2) is 0 Å². The Bertz CT molecular complexity index is 419. The lowest BCUT2D eigenvalue weighted by atomic mass is 9.91. The first kappa shape index (κ1) is 14.3. The van der Waals surface area contributed by atoms with E-state index in [1.807, 2.05) is 0 Å². The maximum absolute atomic E-state index is 3.66. The summed E-state index contributed by atoms with van der Waals surface area (Å²) in [4.78, 5) is 0. The van der Waals surface area contributed by atoms with Crippen molar-refractivity contribution in [2.24, 2.45) is 0 Å². The van der Waals surface area contributed by atoms with Gasteiger partial charge in [0.25, 0.3) is 0 Å². The van der Waals surface area contributed by atoms with Crippen LogP contribution in [-0.4, -0.2) is 6.54 Å². The summed E-state index contributed by atoms with van der Waals surface area (Å²) in [6.45, 7) is 5.46. The molecule has 1 aliphatic rings. The van der Waals surface area contributed by atoms with E-state index in [9.17, 15) is 0 Å². The van der Waals surface area contributed by atoms with Crippen LogP contribution in [0.4, 0.5) is 0 Å². The van der Waals surface area contributed by atoms with Crippen LogP contribution in [0, 0.1) is 0 Å². The minimum atomic E-state index is 0.487. The maximum Gasteiger partial charge on any atom is 0.0357 e. The van der Waals surface area contributed by atoms with Gasteiger partial charge < -0.3 is 5.32 Å². The van der Waals surface area contributed by atoms with Crippen LogP contribution in [0.2, 0.25) is 0 Å². The Labute approximate surface area is 118 Å². The molecule has 1 nitrogen and oxygen atoms in total. The molecule has 0 amide bonds. The Morgan fingerprint density at radius 1 is 1.21 bits per heavy atom. The molecule has 0 radical (unpaired) electrons. The lowest BCUT2D eigenvalue weighted by Gasteiger charge is -2.22. The van der Waals surface area contributed by atoms with Gasteiger partial charge in [-0.2, -0.15) is 0 Å². The number of aryl methyl sites for hydroxylation is 1. The molecule has 0 fully saturated rings. The van der Waals surface area contributed by atoms with Crippen molar-refractivity contribution >= 4 is 0 Å². The average molecular weight is 257 g/mol. The van der Waals surface area contributed by atoms with Crippen LogP contribution in [0.1, 0.15) is 63.1 Å². The summed E-state index contributed by atoms with van der Waals surface area (Å²) >= 11 is 0. The molecule has 104 valence electrons. The average Bonchev–Trinajstić information content (AvgIpc) is 2.48. The lowest BCUT2D eigenvalue weighted by Crippen LogP contribution is -2.21. The van der Waals surface area contributed by atoms with Crippen LogP contribution in [0.25, 0.3) is 0 Å². The Hall–Kier alpha value is -1.08. The predicted molar refractivity (Wildman–Crippen MR) is 83.4 cm³/mol. The number of rotatable bonds is 6. The van der Waals surface area contributed by atoms with Crippen molar-refractivity contribution in [1.29, 1.82) is 0 Å². The molecule has 1 aromatic rings. The molecule has 0 spiro atoms. The maximum atomic E-state index is 3.66. The van der Waals surface area contributed by atoms with Gasteiger partial charge in [-0.05, 0) is 56.2 Å². The zero-order chi connectivity index (χ0) is 13.5. The van der Waals surface area contributed by atoms with Crippen molar-refractivity contribution < 1.29 is 0 Å². The highest BCUT2D eigenvalue weighted by Gasteiger charge is 2.14. The SMILES string of the molecule is CCNC(CC1=CCCCC1)c1cccc(CC)c1. The summed E-state index contributed by atoms with van der Waals surface area (Å²) in [7, 11) is 0. The molecule has 1 unspecified atom stereocenters. The predicted octanol–water partition coefficient (Wildman–Crippen LogP) is 4.79. The molecule has 2 rings (SSSR count). The van der Waals surface area contributed by atoms with Gasteiger partial charge in [-0.1, -0.05) is 49.8 Å². The molecule has 0 saturated heterocycles. The van der Waals surface area contributed by atoms with Gasteiger partial charge >= 0.3 is 0 Å². The normalized spacial score (nSPS) is 17.1. The first-order chi connectivity index (χ1) is 9.33. The summed E-state index contributed by atoms with van der Waals surface area (Å²) in [5.41, 5.74) is 4.55. The van der Waals surface area contributed by atoms with Crippen molar-refractivity contribution in [2.45, 2.75) is 58.4 Å². The first-order valence-electron chi connectivity index (χ1n) is 7.83. The van der Waals surface area contributed by atoms with E-state index in [1.54, 1.807) is 5.57 Å². The second kappa shape index (κ2) is 7.49. The summed E-state index contributed by atoms with van der Waals surface area (Å²) < 4.78 is 0. The largest absolute Gasteiger partial charge is 0.310 e. The fourth-order valence-corrected chi connectivity index (χ4v) is 2.94. The van der Waals surface area contributed by atoms with E-state index in [-0.39, 0.29) is 0 Å². The smallest absolute Gasteiger partial charge is 0.0357 e. The third-order valence-corrected chi connectivity index (χ3v) is 4.06. The molecular weight excluding hydrogens is 230 g/mol. The summed E-state index contributed by atoms with van der Waals surface area (Å²) in [5, 5.41) is 3.66. The van der Waals surface area contributed by atoms with Crippen LogP contribution in [0.5, 0.6) is 0 Å². The number of hydrogen-bond acceptors (Lipinski definition) is 1. The van der Waals surface area contributed by atoms with Gasteiger partial charge in [0, 0.05) is 6.04 Å². The lowest BCUT2D eigenvalue weighted by molar-refractivity contribution is 0.527. The second-order valence-electron chi connectivity index (χ2n) is 5.52. The van der Waals surface area contributed by atoms with Crippen molar-refractivity contribution in [2.75, 3.05) is 6.54 Å². The molecule has 0 heterocycles. The number of nitrogens with one attached hydrogen (secondary N) is 1. The Morgan fingerprint density at radius 3 is 2.79 bits per heavy atom. The van der Waals surface area contributed by atoms with Gasteiger partial charge in [-0.3, -0.25) is 0 Å². The van der Waals surface area contributed by atoms with Gasteiger partial charge in [0.1, 0.15) is 0 Å². The number of hydrogen-bond donors (Lipinski definition) is 1. The van der Waals surface area contributed by atoms with Gasteiger partial charge in [-0.25, -0.2) is 0 Å². The fraction of sp³-hybridized carbons (Fsp3) is 0.556. The van der Waals surface area contributed by atoms with E-state index in [0.29, 0.717) is 6.04 Å². The fourth-order valence-electron chi connectivity index (χ4n) is 2.94. The second-order valence-corrected chi connectivity index (χ2v) is 5.52. The third-order valence-electron chi connectivity index (χ3n) is 4.06. The topological polar surface area (TPSA) is 12.0 Å². The summed E-state index contributed by atoms with van der Waals surface area (Å²) in [6, 6.07) is 9.56. The molecule has 1 aliphatic carbocycles.